The molecule has 1 nitrogen and oxygen atoms in total. The Morgan fingerprint density at radius 1 is 1.16 bits per heavy atom. The van der Waals surface area contributed by atoms with Crippen molar-refractivity contribution >= 4 is 0 Å². The average Bonchev–Trinajstić information content (AvgIpc) is 2.36. The number of aryl methyl sites for hydroxylation is 1. The van der Waals surface area contributed by atoms with E-state index in [1.807, 2.05) is 24.3 Å². The highest BCUT2D eigenvalue weighted by molar-refractivity contribution is 5.43. The van der Waals surface area contributed by atoms with E-state index in [-0.39, 0.29) is 11.5 Å². The Kier molecular flexibility index (Phi) is 2.86. The van der Waals surface area contributed by atoms with Crippen molar-refractivity contribution in [3.05, 3.63) is 70.3 Å². The third-order valence-corrected chi connectivity index (χ3v) is 3.89. The highest BCUT2D eigenvalue weighted by Gasteiger charge is 2.35. The molecule has 0 aliphatic heterocycles. The second-order valence-corrected chi connectivity index (χ2v) is 5.05. The zero-order valence-electron chi connectivity index (χ0n) is 10.5. The fourth-order valence-corrected chi connectivity index (χ4v) is 2.73. The second kappa shape index (κ2) is 4.42. The summed E-state index contributed by atoms with van der Waals surface area (Å²) in [4.78, 5) is 0. The first-order valence-electron chi connectivity index (χ1n) is 6.30. The van der Waals surface area contributed by atoms with E-state index in [4.69, 9.17) is 0 Å². The van der Waals surface area contributed by atoms with Crippen molar-refractivity contribution in [3.8, 4) is 0 Å². The molecule has 2 aromatic rings. The van der Waals surface area contributed by atoms with Crippen LogP contribution >= 0.6 is 0 Å². The monoisotopic (exact) mass is 260 g/mol. The lowest BCUT2D eigenvalue weighted by Gasteiger charge is -2.34. The van der Waals surface area contributed by atoms with Gasteiger partial charge < -0.3 is 5.11 Å². The molecule has 0 radical (unpaired) electrons. The van der Waals surface area contributed by atoms with Gasteiger partial charge in [0.2, 0.25) is 0 Å². The Morgan fingerprint density at radius 2 is 1.89 bits per heavy atom. The summed E-state index contributed by atoms with van der Waals surface area (Å²) in [6.07, 6.45) is -0.473. The normalized spacial score (nSPS) is 18.6. The summed E-state index contributed by atoms with van der Waals surface area (Å²) >= 11 is 0. The van der Waals surface area contributed by atoms with Crippen LogP contribution in [0.25, 0.3) is 0 Å². The largest absolute Gasteiger partial charge is 0.388 e. The molecule has 1 N–H and O–H groups in total. The highest BCUT2D eigenvalue weighted by Crippen LogP contribution is 2.44. The lowest BCUT2D eigenvalue weighted by molar-refractivity contribution is 0.126. The number of rotatable bonds is 2. The van der Waals surface area contributed by atoms with Gasteiger partial charge in [-0.1, -0.05) is 30.3 Å². The Bertz CT molecular complexity index is 637. The molecule has 0 fully saturated rings. The summed E-state index contributed by atoms with van der Waals surface area (Å²) in [5, 5.41) is 10.3. The van der Waals surface area contributed by atoms with Crippen LogP contribution in [-0.2, 0) is 6.42 Å². The predicted octanol–water partition coefficient (Wildman–Crippen LogP) is 3.65. The zero-order valence-corrected chi connectivity index (χ0v) is 10.5. The molecule has 0 bridgehead atoms. The molecule has 1 aliphatic carbocycles. The Hall–Kier alpha value is -1.74. The van der Waals surface area contributed by atoms with Crippen LogP contribution in [0.3, 0.4) is 0 Å². The molecule has 3 rings (SSSR count). The number of fused-ring (bicyclic) bond motifs is 1. The van der Waals surface area contributed by atoms with Crippen molar-refractivity contribution in [1.29, 1.82) is 0 Å². The molecule has 0 saturated heterocycles. The van der Waals surface area contributed by atoms with Crippen LogP contribution in [0, 0.1) is 18.6 Å². The summed E-state index contributed by atoms with van der Waals surface area (Å²) in [7, 11) is 0. The minimum absolute atomic E-state index is 0.209. The van der Waals surface area contributed by atoms with E-state index in [0.29, 0.717) is 12.0 Å². The lowest BCUT2D eigenvalue weighted by atomic mass is 9.72. The number of aliphatic hydroxyl groups excluding tert-OH is 1. The van der Waals surface area contributed by atoms with Crippen molar-refractivity contribution in [2.24, 2.45) is 0 Å². The van der Waals surface area contributed by atoms with Crippen LogP contribution in [-0.4, -0.2) is 5.11 Å². The van der Waals surface area contributed by atoms with Gasteiger partial charge in [-0.15, -0.1) is 0 Å². The first kappa shape index (κ1) is 12.3. The summed E-state index contributed by atoms with van der Waals surface area (Å²) in [5.41, 5.74) is 2.26. The first-order chi connectivity index (χ1) is 9.09. The van der Waals surface area contributed by atoms with Crippen molar-refractivity contribution in [2.45, 2.75) is 25.4 Å². The number of hydrogen-bond acceptors (Lipinski definition) is 1. The third kappa shape index (κ3) is 1.85. The predicted molar refractivity (Wildman–Crippen MR) is 68.9 cm³/mol. The van der Waals surface area contributed by atoms with Crippen molar-refractivity contribution in [1.82, 2.24) is 0 Å². The highest BCUT2D eigenvalue weighted by atomic mass is 19.1. The van der Waals surface area contributed by atoms with Gasteiger partial charge in [0, 0.05) is 5.92 Å². The van der Waals surface area contributed by atoms with Gasteiger partial charge in [-0.25, -0.2) is 8.78 Å². The van der Waals surface area contributed by atoms with E-state index < -0.39 is 17.7 Å². The summed E-state index contributed by atoms with van der Waals surface area (Å²) in [6.45, 7) is 1.57. The Morgan fingerprint density at radius 3 is 2.63 bits per heavy atom. The average molecular weight is 260 g/mol. The lowest BCUT2D eigenvalue weighted by Crippen LogP contribution is -2.25. The van der Waals surface area contributed by atoms with Crippen LogP contribution in [0.1, 0.15) is 34.3 Å². The molecule has 0 amide bonds. The molecule has 2 aromatic carbocycles. The van der Waals surface area contributed by atoms with E-state index in [1.165, 1.54) is 12.1 Å². The van der Waals surface area contributed by atoms with Gasteiger partial charge in [-0.05, 0) is 36.1 Å². The third-order valence-electron chi connectivity index (χ3n) is 3.89. The van der Waals surface area contributed by atoms with Crippen molar-refractivity contribution in [3.63, 3.8) is 0 Å². The van der Waals surface area contributed by atoms with E-state index in [1.54, 1.807) is 6.92 Å². The van der Waals surface area contributed by atoms with Gasteiger partial charge in [0.1, 0.15) is 11.6 Å². The first-order valence-corrected chi connectivity index (χ1v) is 6.30. The van der Waals surface area contributed by atoms with E-state index in [9.17, 15) is 13.9 Å². The summed E-state index contributed by atoms with van der Waals surface area (Å²) < 4.78 is 27.8. The van der Waals surface area contributed by atoms with Gasteiger partial charge in [-0.2, -0.15) is 0 Å². The maximum atomic E-state index is 14.0. The molecule has 1 aliphatic rings. The molecule has 2 unspecified atom stereocenters. The molecule has 0 saturated carbocycles. The van der Waals surface area contributed by atoms with Gasteiger partial charge in [0.15, 0.2) is 0 Å². The molecule has 0 aromatic heterocycles. The fraction of sp³-hybridized carbons (Fsp3) is 0.250. The number of hydrogen-bond donors (Lipinski definition) is 1. The van der Waals surface area contributed by atoms with E-state index >= 15 is 0 Å². The SMILES string of the molecule is Cc1ccc(F)c(C(O)C2Cc3ccccc32)c1F. The maximum Gasteiger partial charge on any atom is 0.134 e. The van der Waals surface area contributed by atoms with Crippen LogP contribution in [0.2, 0.25) is 0 Å². The molecule has 0 spiro atoms. The molecule has 3 heteroatoms. The van der Waals surface area contributed by atoms with Gasteiger partial charge in [0.05, 0.1) is 11.7 Å². The number of aliphatic hydroxyl groups is 1. The second-order valence-electron chi connectivity index (χ2n) is 5.05. The molecular formula is C16H14F2O. The minimum atomic E-state index is -1.13. The minimum Gasteiger partial charge on any atom is -0.388 e. The number of benzene rings is 2. The van der Waals surface area contributed by atoms with Crippen molar-refractivity contribution < 1.29 is 13.9 Å². The van der Waals surface area contributed by atoms with Crippen LogP contribution in [0.5, 0.6) is 0 Å². The van der Waals surface area contributed by atoms with E-state index in [0.717, 1.165) is 11.1 Å². The molecule has 19 heavy (non-hydrogen) atoms. The Labute approximate surface area is 110 Å². The zero-order chi connectivity index (χ0) is 13.6. The van der Waals surface area contributed by atoms with Crippen LogP contribution in [0.15, 0.2) is 36.4 Å². The van der Waals surface area contributed by atoms with Gasteiger partial charge >= 0.3 is 0 Å². The number of halogens is 2. The molecule has 0 heterocycles. The smallest absolute Gasteiger partial charge is 0.134 e. The van der Waals surface area contributed by atoms with Gasteiger partial charge in [-0.3, -0.25) is 0 Å². The molecule has 98 valence electrons. The van der Waals surface area contributed by atoms with Gasteiger partial charge in [0.25, 0.3) is 0 Å². The van der Waals surface area contributed by atoms with Crippen LogP contribution < -0.4 is 0 Å². The molecule has 2 atom stereocenters. The standard InChI is InChI=1S/C16H14F2O/c1-9-6-7-13(17)14(15(9)18)16(19)12-8-10-4-2-3-5-11(10)12/h2-7,12,16,19H,8H2,1H3. The van der Waals surface area contributed by atoms with Crippen molar-refractivity contribution in [2.75, 3.05) is 0 Å². The summed E-state index contributed by atoms with van der Waals surface area (Å²) in [6, 6.07) is 10.3. The fourth-order valence-electron chi connectivity index (χ4n) is 2.73. The van der Waals surface area contributed by atoms with Crippen LogP contribution in [0.4, 0.5) is 8.78 Å². The topological polar surface area (TPSA) is 20.2 Å². The Balaban J connectivity index is 1.99. The van der Waals surface area contributed by atoms with E-state index in [2.05, 4.69) is 0 Å². The summed E-state index contributed by atoms with van der Waals surface area (Å²) in [5.74, 6) is -1.54. The quantitative estimate of drug-likeness (QED) is 0.874. The molecular weight excluding hydrogens is 246 g/mol. The maximum absolute atomic E-state index is 14.0.